The Morgan fingerprint density at radius 2 is 0.827 bits per heavy atom. The van der Waals surface area contributed by atoms with E-state index in [9.17, 15) is 19.0 Å². The second-order valence-electron chi connectivity index (χ2n) is 21.5. The van der Waals surface area contributed by atoms with Gasteiger partial charge in [-0.15, -0.1) is 0 Å². The number of rotatable bonds is 54. The molecule has 0 fully saturated rings. The summed E-state index contributed by atoms with van der Waals surface area (Å²) in [4.78, 5) is 39.9. The molecule has 0 saturated carbocycles. The lowest BCUT2D eigenvalue weighted by atomic mass is 10.0. The molecule has 75 heavy (non-hydrogen) atoms. The van der Waals surface area contributed by atoms with Gasteiger partial charge < -0.3 is 28.5 Å². The Balaban J connectivity index is 5.43. The minimum Gasteiger partial charge on any atom is -0.756 e. The Hall–Kier alpha value is -3.07. The van der Waals surface area contributed by atoms with Crippen molar-refractivity contribution in [1.29, 1.82) is 0 Å². The summed E-state index contributed by atoms with van der Waals surface area (Å²) in [5.74, 6) is -0.624. The lowest BCUT2D eigenvalue weighted by molar-refractivity contribution is -0.870. The van der Waals surface area contributed by atoms with E-state index < -0.39 is 26.6 Å². The van der Waals surface area contributed by atoms with Crippen LogP contribution in [0.25, 0.3) is 0 Å². The number of hydrogen-bond acceptors (Lipinski definition) is 7. The second kappa shape index (κ2) is 54.3. The van der Waals surface area contributed by atoms with Gasteiger partial charge in [0.25, 0.3) is 7.82 Å². The molecule has 0 saturated heterocycles. The molecule has 0 bridgehead atoms. The summed E-state index contributed by atoms with van der Waals surface area (Å²) in [6.45, 7) is 6.73. The summed E-state index contributed by atoms with van der Waals surface area (Å²) in [5.41, 5.74) is 0. The predicted octanol–water partition coefficient (Wildman–Crippen LogP) is 18.1. The van der Waals surface area contributed by atoms with Crippen molar-refractivity contribution in [3.63, 3.8) is 0 Å². The first kappa shape index (κ1) is 71.9. The van der Waals surface area contributed by atoms with Gasteiger partial charge in [0, 0.05) is 12.8 Å². The molecule has 3 atom stereocenters. The number of nitrogens with one attached hydrogen (secondary N) is 1. The molecule has 1 amide bonds. The van der Waals surface area contributed by atoms with Gasteiger partial charge >= 0.3 is 5.97 Å². The van der Waals surface area contributed by atoms with Gasteiger partial charge in [-0.3, -0.25) is 14.2 Å². The fourth-order valence-electron chi connectivity index (χ4n) is 8.23. The first-order chi connectivity index (χ1) is 36.4. The summed E-state index contributed by atoms with van der Waals surface area (Å²) in [6, 6.07) is -0.928. The average Bonchev–Trinajstić information content (AvgIpc) is 3.37. The normalized spacial score (nSPS) is 14.4. The molecule has 0 heterocycles. The van der Waals surface area contributed by atoms with E-state index in [4.69, 9.17) is 13.8 Å². The van der Waals surface area contributed by atoms with Crippen LogP contribution in [0, 0.1) is 0 Å². The minimum absolute atomic E-state index is 0.0390. The molecular weight excluding hydrogens is 952 g/mol. The Kier molecular flexibility index (Phi) is 52.1. The molecular formula is C65H115N2O7P. The highest BCUT2D eigenvalue weighted by molar-refractivity contribution is 7.45. The highest BCUT2D eigenvalue weighted by Gasteiger charge is 2.27. The number of ether oxygens (including phenoxy) is 1. The maximum atomic E-state index is 13.5. The van der Waals surface area contributed by atoms with Crippen LogP contribution in [0.4, 0.5) is 0 Å². The van der Waals surface area contributed by atoms with Gasteiger partial charge in [0.05, 0.1) is 33.8 Å². The molecule has 0 aliphatic rings. The third-order valence-corrected chi connectivity index (χ3v) is 14.0. The maximum absolute atomic E-state index is 13.5. The van der Waals surface area contributed by atoms with Crippen molar-refractivity contribution in [2.75, 3.05) is 40.9 Å². The number of phosphoric ester groups is 1. The highest BCUT2D eigenvalue weighted by atomic mass is 31.2. The molecule has 0 rings (SSSR count). The van der Waals surface area contributed by atoms with Crippen LogP contribution in [0.5, 0.6) is 0 Å². The molecule has 9 nitrogen and oxygen atoms in total. The number of allylic oxidation sites excluding steroid dienone is 15. The van der Waals surface area contributed by atoms with E-state index in [1.165, 1.54) is 109 Å². The third-order valence-electron chi connectivity index (χ3n) is 13.0. The van der Waals surface area contributed by atoms with Crippen molar-refractivity contribution in [2.45, 2.75) is 264 Å². The number of likely N-dealkylation sites (N-methyl/N-ethyl adjacent to an activating group) is 1. The first-order valence-electron chi connectivity index (χ1n) is 30.5. The van der Waals surface area contributed by atoms with E-state index in [1.807, 2.05) is 33.3 Å². The van der Waals surface area contributed by atoms with Gasteiger partial charge in [-0.1, -0.05) is 227 Å². The third kappa shape index (κ3) is 55.5. The maximum Gasteiger partial charge on any atom is 0.306 e. The molecule has 432 valence electrons. The Morgan fingerprint density at radius 1 is 0.467 bits per heavy atom. The zero-order valence-electron chi connectivity index (χ0n) is 49.2. The molecule has 10 heteroatoms. The molecule has 0 aromatic carbocycles. The van der Waals surface area contributed by atoms with Crippen molar-refractivity contribution in [3.05, 3.63) is 97.2 Å². The van der Waals surface area contributed by atoms with Crippen LogP contribution in [0.1, 0.15) is 252 Å². The first-order valence-corrected chi connectivity index (χ1v) is 32.0. The number of carbonyl (C=O) groups is 2. The number of amides is 1. The van der Waals surface area contributed by atoms with Crippen LogP contribution in [0.2, 0.25) is 0 Å². The highest BCUT2D eigenvalue weighted by Crippen LogP contribution is 2.38. The van der Waals surface area contributed by atoms with E-state index >= 15 is 0 Å². The summed E-state index contributed by atoms with van der Waals surface area (Å²) < 4.78 is 30.3. The number of hydrogen-bond donors (Lipinski definition) is 1. The van der Waals surface area contributed by atoms with E-state index in [0.717, 1.165) is 96.3 Å². The molecule has 0 aliphatic carbocycles. The van der Waals surface area contributed by atoms with Gasteiger partial charge in [0.1, 0.15) is 19.3 Å². The zero-order valence-corrected chi connectivity index (χ0v) is 50.1. The molecule has 0 aliphatic heterocycles. The standard InChI is InChI=1S/C65H115N2O7P/c1-7-10-13-16-19-22-25-28-30-32-33-35-37-40-43-46-49-52-55-58-65(69)74-63(56-53-50-47-44-41-38-27-24-21-18-15-12-9-3)62(61-73-75(70,71)72-60-59-67(4,5)6)66-64(68)57-54-51-48-45-42-39-36-34-31-29-26-23-20-17-14-11-8-2/h19-20,22-23,28-31,33,35-36,39,45,48,53,56,62-63H,7-18,21,24-27,32,34,37-38,40-44,46-47,49-52,54-55,57-61H2,1-6H3,(H-,66,68,70,71)/b22-19-,23-20-,30-28-,31-29-,35-33-,39-36-,48-45-,56-53+. The van der Waals surface area contributed by atoms with Crippen molar-refractivity contribution < 1.29 is 37.3 Å². The smallest absolute Gasteiger partial charge is 0.306 e. The van der Waals surface area contributed by atoms with Gasteiger partial charge in [0.2, 0.25) is 5.91 Å². The largest absolute Gasteiger partial charge is 0.756 e. The van der Waals surface area contributed by atoms with Crippen molar-refractivity contribution in [2.24, 2.45) is 0 Å². The average molecular weight is 1070 g/mol. The topological polar surface area (TPSA) is 114 Å². The van der Waals surface area contributed by atoms with Gasteiger partial charge in [-0.05, 0) is 109 Å². The summed E-state index contributed by atoms with van der Waals surface area (Å²) in [5, 5.41) is 2.99. The van der Waals surface area contributed by atoms with Gasteiger partial charge in [0.15, 0.2) is 0 Å². The quantitative estimate of drug-likeness (QED) is 0.0212. The lowest BCUT2D eigenvalue weighted by Gasteiger charge is -2.30. The Morgan fingerprint density at radius 3 is 1.27 bits per heavy atom. The van der Waals surface area contributed by atoms with Crippen molar-refractivity contribution in [3.8, 4) is 0 Å². The fraction of sp³-hybridized carbons (Fsp3) is 0.723. The van der Waals surface area contributed by atoms with Crippen LogP contribution in [-0.4, -0.2) is 69.4 Å². The van der Waals surface area contributed by atoms with Crippen LogP contribution in [-0.2, 0) is 27.9 Å². The summed E-state index contributed by atoms with van der Waals surface area (Å²) in [6.07, 6.45) is 72.3. The van der Waals surface area contributed by atoms with Gasteiger partial charge in [-0.25, -0.2) is 0 Å². The predicted molar refractivity (Wildman–Crippen MR) is 321 cm³/mol. The van der Waals surface area contributed by atoms with E-state index in [-0.39, 0.29) is 31.3 Å². The Bertz CT molecular complexity index is 1610. The number of nitrogens with zero attached hydrogens (tertiary/aromatic N) is 1. The molecule has 1 N–H and O–H groups in total. The lowest BCUT2D eigenvalue weighted by Crippen LogP contribution is -2.47. The van der Waals surface area contributed by atoms with Crippen LogP contribution < -0.4 is 10.2 Å². The number of quaternary nitrogens is 1. The molecule has 0 aromatic rings. The zero-order chi connectivity index (χ0) is 55.0. The van der Waals surface area contributed by atoms with Crippen LogP contribution >= 0.6 is 7.82 Å². The van der Waals surface area contributed by atoms with E-state index in [1.54, 1.807) is 0 Å². The van der Waals surface area contributed by atoms with Crippen molar-refractivity contribution >= 4 is 19.7 Å². The monoisotopic (exact) mass is 1070 g/mol. The summed E-state index contributed by atoms with van der Waals surface area (Å²) in [7, 11) is 1.13. The molecule has 0 radical (unpaired) electrons. The minimum atomic E-state index is -4.72. The van der Waals surface area contributed by atoms with Crippen LogP contribution in [0.3, 0.4) is 0 Å². The molecule has 3 unspecified atom stereocenters. The number of unbranched alkanes of at least 4 members (excludes halogenated alkanes) is 24. The van der Waals surface area contributed by atoms with Crippen molar-refractivity contribution in [1.82, 2.24) is 5.32 Å². The van der Waals surface area contributed by atoms with E-state index in [0.29, 0.717) is 23.9 Å². The van der Waals surface area contributed by atoms with Crippen LogP contribution in [0.15, 0.2) is 97.2 Å². The van der Waals surface area contributed by atoms with Gasteiger partial charge in [-0.2, -0.15) is 0 Å². The number of esters is 1. The number of carbonyl (C=O) groups excluding carboxylic acids is 2. The molecule has 0 spiro atoms. The Labute approximate surface area is 462 Å². The second-order valence-corrected chi connectivity index (χ2v) is 22.9. The fourth-order valence-corrected chi connectivity index (χ4v) is 8.95. The van der Waals surface area contributed by atoms with E-state index in [2.05, 4.69) is 111 Å². The molecule has 0 aromatic heterocycles. The number of phosphoric acid groups is 1. The summed E-state index contributed by atoms with van der Waals surface area (Å²) >= 11 is 0. The SMILES string of the molecule is CCCCC/C=C\C/C=C\C/C=C\C/C=C\CCCC(=O)NC(COP(=O)([O-])OCC[N+](C)(C)C)C(/C=C/CCCCCCCCCCCCC)OC(=O)CCCCCCCC/C=C\C/C=C\C/C=C\CCCCC.